The summed E-state index contributed by atoms with van der Waals surface area (Å²) in [7, 11) is 1.84. The zero-order valence-electron chi connectivity index (χ0n) is 14.7. The van der Waals surface area contributed by atoms with E-state index in [2.05, 4.69) is 15.9 Å². The summed E-state index contributed by atoms with van der Waals surface area (Å²) in [6.45, 7) is 5.43. The van der Waals surface area contributed by atoms with E-state index in [9.17, 15) is 4.79 Å². The zero-order valence-corrected chi connectivity index (χ0v) is 15.5. The number of piperazine rings is 1. The van der Waals surface area contributed by atoms with Gasteiger partial charge >= 0.3 is 0 Å². The quantitative estimate of drug-likeness (QED) is 0.837. The SMILES string of the molecule is C[C@@H](C(=O)N(C)c1ccccc1)N1CCN(c2ccccc2Cl)CC1. The monoisotopic (exact) mass is 357 g/mol. The highest BCUT2D eigenvalue weighted by molar-refractivity contribution is 6.33. The number of para-hydroxylation sites is 2. The third-order valence-electron chi connectivity index (χ3n) is 4.89. The molecule has 2 aromatic rings. The largest absolute Gasteiger partial charge is 0.368 e. The van der Waals surface area contributed by atoms with Crippen molar-refractivity contribution in [2.24, 2.45) is 0 Å². The fraction of sp³-hybridized carbons (Fsp3) is 0.350. The molecule has 2 aromatic carbocycles. The predicted octanol–water partition coefficient (Wildman–Crippen LogP) is 3.51. The van der Waals surface area contributed by atoms with Gasteiger partial charge in [-0.1, -0.05) is 41.9 Å². The van der Waals surface area contributed by atoms with Crippen LogP contribution in [0.1, 0.15) is 6.92 Å². The molecule has 1 atom stereocenters. The van der Waals surface area contributed by atoms with Crippen LogP contribution in [-0.4, -0.2) is 50.1 Å². The third-order valence-corrected chi connectivity index (χ3v) is 5.21. The van der Waals surface area contributed by atoms with Gasteiger partial charge in [0, 0.05) is 38.9 Å². The molecule has 1 aliphatic rings. The molecule has 0 unspecified atom stereocenters. The molecule has 0 N–H and O–H groups in total. The number of likely N-dealkylation sites (N-methyl/N-ethyl adjacent to an activating group) is 1. The van der Waals surface area contributed by atoms with Crippen molar-refractivity contribution in [3.8, 4) is 0 Å². The number of nitrogens with zero attached hydrogens (tertiary/aromatic N) is 3. The van der Waals surface area contributed by atoms with Crippen molar-refractivity contribution in [3.63, 3.8) is 0 Å². The Labute approximate surface area is 154 Å². The van der Waals surface area contributed by atoms with Gasteiger partial charge in [0.05, 0.1) is 16.8 Å². The number of carbonyl (C=O) groups excluding carboxylic acids is 1. The summed E-state index contributed by atoms with van der Waals surface area (Å²) >= 11 is 6.30. The van der Waals surface area contributed by atoms with Gasteiger partial charge in [-0.3, -0.25) is 9.69 Å². The average molecular weight is 358 g/mol. The molecule has 0 radical (unpaired) electrons. The first kappa shape index (κ1) is 17.8. The summed E-state index contributed by atoms with van der Waals surface area (Å²) in [5, 5.41) is 0.781. The van der Waals surface area contributed by atoms with Gasteiger partial charge in [0.2, 0.25) is 5.91 Å². The van der Waals surface area contributed by atoms with E-state index in [1.54, 1.807) is 4.90 Å². The minimum atomic E-state index is -0.140. The van der Waals surface area contributed by atoms with E-state index in [1.165, 1.54) is 0 Å². The highest BCUT2D eigenvalue weighted by Gasteiger charge is 2.28. The molecular formula is C20H24ClN3O. The van der Waals surface area contributed by atoms with E-state index in [0.717, 1.165) is 42.6 Å². The van der Waals surface area contributed by atoms with Crippen molar-refractivity contribution in [1.29, 1.82) is 0 Å². The zero-order chi connectivity index (χ0) is 17.8. The minimum absolute atomic E-state index is 0.123. The topological polar surface area (TPSA) is 26.8 Å². The van der Waals surface area contributed by atoms with Gasteiger partial charge in [-0.05, 0) is 31.2 Å². The Morgan fingerprint density at radius 2 is 1.60 bits per heavy atom. The number of carbonyl (C=O) groups is 1. The number of halogens is 1. The second-order valence-corrected chi connectivity index (χ2v) is 6.79. The van der Waals surface area contributed by atoms with Crippen molar-refractivity contribution in [1.82, 2.24) is 4.90 Å². The molecular weight excluding hydrogens is 334 g/mol. The van der Waals surface area contributed by atoms with Gasteiger partial charge < -0.3 is 9.80 Å². The molecule has 0 spiro atoms. The second-order valence-electron chi connectivity index (χ2n) is 6.38. The molecule has 3 rings (SSSR count). The Hall–Kier alpha value is -2.04. The van der Waals surface area contributed by atoms with Gasteiger partial charge in [-0.25, -0.2) is 0 Å². The van der Waals surface area contributed by atoms with Crippen LogP contribution in [0, 0.1) is 0 Å². The van der Waals surface area contributed by atoms with Crippen LogP contribution in [-0.2, 0) is 4.79 Å². The van der Waals surface area contributed by atoms with Gasteiger partial charge in [0.25, 0.3) is 0 Å². The van der Waals surface area contributed by atoms with Crippen molar-refractivity contribution >= 4 is 28.9 Å². The van der Waals surface area contributed by atoms with Crippen LogP contribution in [0.3, 0.4) is 0 Å². The Bertz CT molecular complexity index is 714. The summed E-state index contributed by atoms with van der Waals surface area (Å²) in [6.07, 6.45) is 0. The molecule has 1 aliphatic heterocycles. The summed E-state index contributed by atoms with van der Waals surface area (Å²) < 4.78 is 0. The molecule has 25 heavy (non-hydrogen) atoms. The highest BCUT2D eigenvalue weighted by Crippen LogP contribution is 2.26. The summed E-state index contributed by atoms with van der Waals surface area (Å²) in [6, 6.07) is 17.6. The van der Waals surface area contributed by atoms with E-state index < -0.39 is 0 Å². The molecule has 0 bridgehead atoms. The summed E-state index contributed by atoms with van der Waals surface area (Å²) in [5.41, 5.74) is 2.00. The lowest BCUT2D eigenvalue weighted by molar-refractivity contribution is -0.123. The molecule has 0 aromatic heterocycles. The van der Waals surface area contributed by atoms with Gasteiger partial charge in [0.1, 0.15) is 0 Å². The lowest BCUT2D eigenvalue weighted by Gasteiger charge is -2.39. The van der Waals surface area contributed by atoms with E-state index in [1.807, 2.05) is 62.5 Å². The lowest BCUT2D eigenvalue weighted by Crippen LogP contribution is -2.54. The van der Waals surface area contributed by atoms with Crippen LogP contribution in [0.4, 0.5) is 11.4 Å². The van der Waals surface area contributed by atoms with Crippen molar-refractivity contribution < 1.29 is 4.79 Å². The van der Waals surface area contributed by atoms with Gasteiger partial charge in [-0.15, -0.1) is 0 Å². The lowest BCUT2D eigenvalue weighted by atomic mass is 10.1. The number of amides is 1. The van der Waals surface area contributed by atoms with Crippen molar-refractivity contribution in [2.75, 3.05) is 43.0 Å². The molecule has 4 nitrogen and oxygen atoms in total. The maximum absolute atomic E-state index is 12.8. The average Bonchev–Trinajstić information content (AvgIpc) is 2.67. The molecule has 0 aliphatic carbocycles. The Balaban J connectivity index is 1.61. The summed E-state index contributed by atoms with van der Waals surface area (Å²) in [4.78, 5) is 19.1. The number of benzene rings is 2. The molecule has 132 valence electrons. The van der Waals surface area contributed by atoms with Gasteiger partial charge in [-0.2, -0.15) is 0 Å². The third kappa shape index (κ3) is 3.97. The first-order valence-corrected chi connectivity index (χ1v) is 9.02. The molecule has 5 heteroatoms. The molecule has 0 saturated carbocycles. The fourth-order valence-corrected chi connectivity index (χ4v) is 3.53. The fourth-order valence-electron chi connectivity index (χ4n) is 3.27. The van der Waals surface area contributed by atoms with Crippen LogP contribution in [0.2, 0.25) is 5.02 Å². The maximum Gasteiger partial charge on any atom is 0.243 e. The molecule has 1 heterocycles. The van der Waals surface area contributed by atoms with Crippen LogP contribution in [0.25, 0.3) is 0 Å². The Morgan fingerprint density at radius 1 is 1.00 bits per heavy atom. The first-order chi connectivity index (χ1) is 12.1. The van der Waals surface area contributed by atoms with E-state index in [0.29, 0.717) is 0 Å². The van der Waals surface area contributed by atoms with E-state index >= 15 is 0 Å². The number of anilines is 2. The van der Waals surface area contributed by atoms with Crippen LogP contribution in [0.5, 0.6) is 0 Å². The van der Waals surface area contributed by atoms with E-state index in [4.69, 9.17) is 11.6 Å². The van der Waals surface area contributed by atoms with Crippen LogP contribution in [0.15, 0.2) is 54.6 Å². The van der Waals surface area contributed by atoms with Crippen molar-refractivity contribution in [2.45, 2.75) is 13.0 Å². The number of hydrogen-bond acceptors (Lipinski definition) is 3. The van der Waals surface area contributed by atoms with Crippen LogP contribution < -0.4 is 9.80 Å². The smallest absolute Gasteiger partial charge is 0.243 e. The number of rotatable bonds is 4. The standard InChI is InChI=1S/C20H24ClN3O/c1-16(20(25)22(2)17-8-4-3-5-9-17)23-12-14-24(15-13-23)19-11-7-6-10-18(19)21/h3-11,16H,12-15H2,1-2H3/t16-/m0/s1. The van der Waals surface area contributed by atoms with Crippen molar-refractivity contribution in [3.05, 3.63) is 59.6 Å². The second kappa shape index (κ2) is 7.89. The van der Waals surface area contributed by atoms with Gasteiger partial charge in [0.15, 0.2) is 0 Å². The highest BCUT2D eigenvalue weighted by atomic mass is 35.5. The normalized spacial score (nSPS) is 16.5. The van der Waals surface area contributed by atoms with Crippen LogP contribution >= 0.6 is 11.6 Å². The molecule has 1 fully saturated rings. The molecule has 1 amide bonds. The van der Waals surface area contributed by atoms with E-state index in [-0.39, 0.29) is 11.9 Å². The Kier molecular flexibility index (Phi) is 5.61. The minimum Gasteiger partial charge on any atom is -0.368 e. The Morgan fingerprint density at radius 3 is 2.24 bits per heavy atom. The predicted molar refractivity (Wildman–Crippen MR) is 105 cm³/mol. The first-order valence-electron chi connectivity index (χ1n) is 8.64. The summed E-state index contributed by atoms with van der Waals surface area (Å²) in [5.74, 6) is 0.123. The maximum atomic E-state index is 12.8. The number of hydrogen-bond donors (Lipinski definition) is 0. The molecule has 1 saturated heterocycles.